The van der Waals surface area contributed by atoms with E-state index in [0.717, 1.165) is 37.0 Å². The van der Waals surface area contributed by atoms with E-state index in [1.165, 1.54) is 37.5 Å². The number of phenols is 1. The molecule has 0 unspecified atom stereocenters. The SMILES string of the molecule is O=C(CC12CC3CC(CC(C3)C1)C2)NC(=S)Nc1cc([N+](=O)[O-])ccc1O. The van der Waals surface area contributed by atoms with Gasteiger partial charge in [0, 0.05) is 18.6 Å². The molecule has 1 aromatic carbocycles. The fourth-order valence-electron chi connectivity index (χ4n) is 5.91. The zero-order chi connectivity index (χ0) is 19.2. The summed E-state index contributed by atoms with van der Waals surface area (Å²) in [7, 11) is 0. The van der Waals surface area contributed by atoms with Crippen LogP contribution in [0.5, 0.6) is 5.75 Å². The summed E-state index contributed by atoms with van der Waals surface area (Å²) in [6.45, 7) is 0. The van der Waals surface area contributed by atoms with Crippen LogP contribution >= 0.6 is 12.2 Å². The molecule has 27 heavy (non-hydrogen) atoms. The molecule has 4 aliphatic rings. The number of nitrogens with one attached hydrogen (secondary N) is 2. The third-order valence-electron chi connectivity index (χ3n) is 6.39. The van der Waals surface area contributed by atoms with Gasteiger partial charge in [-0.3, -0.25) is 14.9 Å². The minimum absolute atomic E-state index is 0.0422. The Hall–Kier alpha value is -2.22. The molecule has 4 bridgehead atoms. The summed E-state index contributed by atoms with van der Waals surface area (Å²) >= 11 is 5.17. The second-order valence-electron chi connectivity index (χ2n) is 8.56. The first-order valence-electron chi connectivity index (χ1n) is 9.40. The van der Waals surface area contributed by atoms with E-state index < -0.39 is 4.92 Å². The van der Waals surface area contributed by atoms with Gasteiger partial charge in [-0.05, 0) is 80.0 Å². The lowest BCUT2D eigenvalue weighted by Gasteiger charge is -2.56. The molecule has 4 aliphatic carbocycles. The molecule has 8 heteroatoms. The number of aromatic hydroxyl groups is 1. The number of thiocarbonyl (C=S) groups is 1. The topological polar surface area (TPSA) is 104 Å². The molecular formula is C19H23N3O4S. The Labute approximate surface area is 162 Å². The Morgan fingerprint density at radius 2 is 1.81 bits per heavy atom. The molecule has 0 heterocycles. The van der Waals surface area contributed by atoms with E-state index >= 15 is 0 Å². The van der Waals surface area contributed by atoms with Crippen LogP contribution in [0.1, 0.15) is 44.9 Å². The van der Waals surface area contributed by atoms with Crippen molar-refractivity contribution < 1.29 is 14.8 Å². The number of rotatable bonds is 4. The lowest BCUT2D eigenvalue weighted by molar-refractivity contribution is -0.384. The molecule has 0 atom stereocenters. The summed E-state index contributed by atoms with van der Waals surface area (Å²) in [5.74, 6) is 2.03. The van der Waals surface area contributed by atoms with Gasteiger partial charge in [0.25, 0.3) is 5.69 Å². The van der Waals surface area contributed by atoms with E-state index in [1.807, 2.05) is 0 Å². The van der Waals surface area contributed by atoms with Crippen molar-refractivity contribution in [3.63, 3.8) is 0 Å². The highest BCUT2D eigenvalue weighted by Crippen LogP contribution is 2.61. The third kappa shape index (κ3) is 3.76. The fourth-order valence-corrected chi connectivity index (χ4v) is 6.13. The minimum atomic E-state index is -0.556. The molecule has 5 rings (SSSR count). The Balaban J connectivity index is 1.37. The van der Waals surface area contributed by atoms with Crippen LogP contribution in [0.2, 0.25) is 0 Å². The minimum Gasteiger partial charge on any atom is -0.506 e. The maximum atomic E-state index is 12.6. The van der Waals surface area contributed by atoms with Crippen LogP contribution in [0.4, 0.5) is 11.4 Å². The van der Waals surface area contributed by atoms with E-state index in [1.54, 1.807) is 0 Å². The first-order valence-corrected chi connectivity index (χ1v) is 9.81. The zero-order valence-corrected chi connectivity index (χ0v) is 15.8. The predicted molar refractivity (Wildman–Crippen MR) is 104 cm³/mol. The molecular weight excluding hydrogens is 366 g/mol. The van der Waals surface area contributed by atoms with Gasteiger partial charge in [0.05, 0.1) is 10.6 Å². The first kappa shape index (κ1) is 18.2. The summed E-state index contributed by atoms with van der Waals surface area (Å²) in [6, 6.07) is 3.61. The second kappa shape index (κ2) is 6.74. The van der Waals surface area contributed by atoms with Crippen LogP contribution < -0.4 is 10.6 Å². The molecule has 7 nitrogen and oxygen atoms in total. The van der Waals surface area contributed by atoms with E-state index in [9.17, 15) is 20.0 Å². The molecule has 0 spiro atoms. The molecule has 0 aliphatic heterocycles. The molecule has 4 saturated carbocycles. The van der Waals surface area contributed by atoms with Crippen molar-refractivity contribution in [3.8, 4) is 5.75 Å². The van der Waals surface area contributed by atoms with Crippen LogP contribution in [-0.2, 0) is 4.79 Å². The summed E-state index contributed by atoms with van der Waals surface area (Å²) in [5, 5.41) is 26.1. The summed E-state index contributed by atoms with van der Waals surface area (Å²) in [6.07, 6.45) is 7.86. The Morgan fingerprint density at radius 1 is 1.22 bits per heavy atom. The quantitative estimate of drug-likeness (QED) is 0.314. The molecule has 4 fully saturated rings. The van der Waals surface area contributed by atoms with Crippen LogP contribution in [0.25, 0.3) is 0 Å². The van der Waals surface area contributed by atoms with Gasteiger partial charge in [0.15, 0.2) is 5.11 Å². The monoisotopic (exact) mass is 389 g/mol. The number of benzene rings is 1. The molecule has 1 aromatic rings. The van der Waals surface area contributed by atoms with E-state index in [4.69, 9.17) is 12.2 Å². The lowest BCUT2D eigenvalue weighted by atomic mass is 9.49. The van der Waals surface area contributed by atoms with Crippen LogP contribution in [-0.4, -0.2) is 21.0 Å². The highest BCUT2D eigenvalue weighted by molar-refractivity contribution is 7.80. The van der Waals surface area contributed by atoms with Crippen LogP contribution in [0.15, 0.2) is 18.2 Å². The number of nitrogens with zero attached hydrogens (tertiary/aromatic N) is 1. The van der Waals surface area contributed by atoms with Crippen molar-refractivity contribution in [1.29, 1.82) is 0 Å². The summed E-state index contributed by atoms with van der Waals surface area (Å²) < 4.78 is 0. The van der Waals surface area contributed by atoms with Crippen molar-refractivity contribution in [2.75, 3.05) is 5.32 Å². The average molecular weight is 389 g/mol. The highest BCUT2D eigenvalue weighted by Gasteiger charge is 2.51. The number of hydrogen-bond donors (Lipinski definition) is 3. The smallest absolute Gasteiger partial charge is 0.271 e. The van der Waals surface area contributed by atoms with Crippen molar-refractivity contribution in [2.45, 2.75) is 44.9 Å². The summed E-state index contributed by atoms with van der Waals surface area (Å²) in [5.41, 5.74) is 0.0459. The van der Waals surface area contributed by atoms with Gasteiger partial charge in [0.2, 0.25) is 5.91 Å². The Bertz CT molecular complexity index is 775. The molecule has 0 aromatic heterocycles. The first-order chi connectivity index (χ1) is 12.8. The van der Waals surface area contributed by atoms with Gasteiger partial charge in [0.1, 0.15) is 5.75 Å². The number of non-ortho nitro benzene ring substituents is 1. The van der Waals surface area contributed by atoms with Crippen molar-refractivity contribution >= 4 is 34.6 Å². The average Bonchev–Trinajstić information content (AvgIpc) is 2.54. The molecule has 3 N–H and O–H groups in total. The normalized spacial score (nSPS) is 30.7. The largest absolute Gasteiger partial charge is 0.506 e. The van der Waals surface area contributed by atoms with Crippen molar-refractivity contribution in [3.05, 3.63) is 28.3 Å². The number of carbonyl (C=O) groups is 1. The highest BCUT2D eigenvalue weighted by atomic mass is 32.1. The third-order valence-corrected chi connectivity index (χ3v) is 6.60. The van der Waals surface area contributed by atoms with Crippen molar-refractivity contribution in [1.82, 2.24) is 5.32 Å². The maximum absolute atomic E-state index is 12.6. The standard InChI is InChI=1S/C19H23N3O4S/c23-16-2-1-14(22(25)26)6-15(16)20-18(27)21-17(24)10-19-7-11-3-12(8-19)5-13(4-11)9-19/h1-2,6,11-13,23H,3-5,7-10H2,(H2,20,21,24,27). The number of nitro groups is 1. The van der Waals surface area contributed by atoms with E-state index in [0.29, 0.717) is 6.42 Å². The van der Waals surface area contributed by atoms with Gasteiger partial charge >= 0.3 is 0 Å². The Morgan fingerprint density at radius 3 is 2.37 bits per heavy atom. The number of phenolic OH excluding ortho intramolecular Hbond substituents is 1. The number of hydrogen-bond acceptors (Lipinski definition) is 5. The molecule has 0 saturated heterocycles. The van der Waals surface area contributed by atoms with E-state index in [2.05, 4.69) is 10.6 Å². The zero-order valence-electron chi connectivity index (χ0n) is 14.9. The van der Waals surface area contributed by atoms with Gasteiger partial charge in [-0.15, -0.1) is 0 Å². The maximum Gasteiger partial charge on any atom is 0.271 e. The number of amides is 1. The predicted octanol–water partition coefficient (Wildman–Crippen LogP) is 3.72. The Kier molecular flexibility index (Phi) is 4.53. The molecule has 0 radical (unpaired) electrons. The van der Waals surface area contributed by atoms with Crippen molar-refractivity contribution in [2.24, 2.45) is 23.2 Å². The fraction of sp³-hybridized carbons (Fsp3) is 0.579. The van der Waals surface area contributed by atoms with Gasteiger partial charge in [-0.2, -0.15) is 0 Å². The number of carbonyl (C=O) groups excluding carboxylic acids is 1. The molecule has 1 amide bonds. The van der Waals surface area contributed by atoms with Gasteiger partial charge < -0.3 is 15.7 Å². The number of nitro benzene ring substituents is 1. The lowest BCUT2D eigenvalue weighted by Crippen LogP contribution is -2.48. The van der Waals surface area contributed by atoms with Crippen LogP contribution in [0, 0.1) is 33.3 Å². The number of anilines is 1. The van der Waals surface area contributed by atoms with Crippen LogP contribution in [0.3, 0.4) is 0 Å². The van der Waals surface area contributed by atoms with Gasteiger partial charge in [-0.1, -0.05) is 0 Å². The second-order valence-corrected chi connectivity index (χ2v) is 8.96. The molecule has 144 valence electrons. The van der Waals surface area contributed by atoms with E-state index in [-0.39, 0.29) is 33.6 Å². The van der Waals surface area contributed by atoms with Gasteiger partial charge in [-0.25, -0.2) is 0 Å². The summed E-state index contributed by atoms with van der Waals surface area (Å²) in [4.78, 5) is 22.9.